The van der Waals surface area contributed by atoms with Crippen molar-refractivity contribution in [1.82, 2.24) is 15.1 Å². The predicted molar refractivity (Wildman–Crippen MR) is 70.3 cm³/mol. The van der Waals surface area contributed by atoms with Crippen LogP contribution < -0.4 is 5.32 Å². The topological polar surface area (TPSA) is 29.9 Å². The molecule has 2 rings (SSSR count). The second-order valence-electron chi connectivity index (χ2n) is 4.09. The molecule has 1 atom stereocenters. The van der Waals surface area contributed by atoms with Crippen LogP contribution in [0.25, 0.3) is 0 Å². The van der Waals surface area contributed by atoms with E-state index >= 15 is 0 Å². The van der Waals surface area contributed by atoms with Gasteiger partial charge in [0.1, 0.15) is 0 Å². The van der Waals surface area contributed by atoms with Crippen LogP contribution in [0.3, 0.4) is 0 Å². The van der Waals surface area contributed by atoms with Gasteiger partial charge in [0.2, 0.25) is 0 Å². The molecule has 1 N–H and O–H groups in total. The van der Waals surface area contributed by atoms with Crippen molar-refractivity contribution in [3.63, 3.8) is 0 Å². The number of halogens is 1. The zero-order valence-electron chi connectivity index (χ0n) is 10.2. The predicted octanol–water partition coefficient (Wildman–Crippen LogP) is 2.69. The van der Waals surface area contributed by atoms with E-state index in [-0.39, 0.29) is 6.04 Å². The summed E-state index contributed by atoms with van der Waals surface area (Å²) in [4.78, 5) is 0. The third-order valence-corrected chi connectivity index (χ3v) is 3.35. The lowest BCUT2D eigenvalue weighted by atomic mass is 9.99. The molecule has 4 heteroatoms. The van der Waals surface area contributed by atoms with Gasteiger partial charge in [-0.2, -0.15) is 5.10 Å². The zero-order valence-corrected chi connectivity index (χ0v) is 11.0. The number of rotatable bonds is 3. The number of hydrogen-bond acceptors (Lipinski definition) is 2. The Morgan fingerprint density at radius 2 is 2.12 bits per heavy atom. The summed E-state index contributed by atoms with van der Waals surface area (Å²) in [6.45, 7) is 2.03. The van der Waals surface area contributed by atoms with Crippen molar-refractivity contribution >= 4 is 11.6 Å². The molecule has 0 bridgehead atoms. The van der Waals surface area contributed by atoms with Gasteiger partial charge in [0.05, 0.1) is 11.7 Å². The van der Waals surface area contributed by atoms with Crippen molar-refractivity contribution in [2.75, 3.05) is 7.05 Å². The standard InChI is InChI=1S/C13H16ClN3/c1-9-10(5-4-6-11(9)14)13(15-2)12-7-8-17(3)16-12/h4-8,13,15H,1-3H3. The molecule has 1 aromatic heterocycles. The van der Waals surface area contributed by atoms with Crippen LogP contribution in [0.5, 0.6) is 0 Å². The van der Waals surface area contributed by atoms with Crippen LogP contribution in [0.4, 0.5) is 0 Å². The number of aromatic nitrogens is 2. The van der Waals surface area contributed by atoms with E-state index in [1.807, 2.05) is 45.4 Å². The van der Waals surface area contributed by atoms with Crippen LogP contribution in [-0.2, 0) is 7.05 Å². The number of nitrogens with one attached hydrogen (secondary N) is 1. The minimum atomic E-state index is 0.0786. The highest BCUT2D eigenvalue weighted by atomic mass is 35.5. The molecule has 0 amide bonds. The Labute approximate surface area is 106 Å². The Morgan fingerprint density at radius 1 is 1.35 bits per heavy atom. The summed E-state index contributed by atoms with van der Waals surface area (Å²) in [7, 11) is 3.85. The van der Waals surface area contributed by atoms with E-state index in [1.54, 1.807) is 4.68 Å². The normalized spacial score (nSPS) is 12.7. The second kappa shape index (κ2) is 4.90. The monoisotopic (exact) mass is 249 g/mol. The summed E-state index contributed by atoms with van der Waals surface area (Å²) in [5.41, 5.74) is 3.26. The molecule has 2 aromatic rings. The molecular formula is C13H16ClN3. The first-order valence-electron chi connectivity index (χ1n) is 5.55. The zero-order chi connectivity index (χ0) is 12.4. The van der Waals surface area contributed by atoms with Gasteiger partial charge in [-0.1, -0.05) is 23.7 Å². The molecule has 0 aliphatic rings. The van der Waals surface area contributed by atoms with Crippen LogP contribution in [-0.4, -0.2) is 16.8 Å². The summed E-state index contributed by atoms with van der Waals surface area (Å²) < 4.78 is 1.81. The van der Waals surface area contributed by atoms with Crippen LogP contribution >= 0.6 is 11.6 Å². The first-order chi connectivity index (χ1) is 8.13. The Bertz CT molecular complexity index is 519. The number of aryl methyl sites for hydroxylation is 1. The molecule has 1 unspecified atom stereocenters. The van der Waals surface area contributed by atoms with Gasteiger partial charge in [0, 0.05) is 18.3 Å². The average Bonchev–Trinajstić information content (AvgIpc) is 2.72. The molecular weight excluding hydrogens is 234 g/mol. The maximum atomic E-state index is 6.15. The van der Waals surface area contributed by atoms with E-state index in [1.165, 1.54) is 5.56 Å². The van der Waals surface area contributed by atoms with Crippen LogP contribution in [0.2, 0.25) is 5.02 Å². The van der Waals surface area contributed by atoms with Gasteiger partial charge in [-0.05, 0) is 37.2 Å². The fourth-order valence-electron chi connectivity index (χ4n) is 1.99. The van der Waals surface area contributed by atoms with Crippen molar-refractivity contribution in [2.45, 2.75) is 13.0 Å². The van der Waals surface area contributed by atoms with E-state index in [9.17, 15) is 0 Å². The van der Waals surface area contributed by atoms with Crippen molar-refractivity contribution in [1.29, 1.82) is 0 Å². The Morgan fingerprint density at radius 3 is 2.71 bits per heavy atom. The number of nitrogens with zero attached hydrogens (tertiary/aromatic N) is 2. The summed E-state index contributed by atoms with van der Waals surface area (Å²) in [6.07, 6.45) is 1.94. The quantitative estimate of drug-likeness (QED) is 0.907. The van der Waals surface area contributed by atoms with Gasteiger partial charge in [0.15, 0.2) is 0 Å². The third kappa shape index (κ3) is 2.35. The lowest BCUT2D eigenvalue weighted by Crippen LogP contribution is -2.19. The highest BCUT2D eigenvalue weighted by Crippen LogP contribution is 2.27. The molecule has 0 saturated heterocycles. The molecule has 0 radical (unpaired) electrons. The van der Waals surface area contributed by atoms with Crippen LogP contribution in [0, 0.1) is 6.92 Å². The van der Waals surface area contributed by atoms with Gasteiger partial charge >= 0.3 is 0 Å². The fourth-order valence-corrected chi connectivity index (χ4v) is 2.17. The van der Waals surface area contributed by atoms with Gasteiger partial charge in [-0.3, -0.25) is 4.68 Å². The molecule has 0 saturated carbocycles. The third-order valence-electron chi connectivity index (χ3n) is 2.94. The van der Waals surface area contributed by atoms with E-state index in [0.717, 1.165) is 16.3 Å². The molecule has 0 fully saturated rings. The lowest BCUT2D eigenvalue weighted by Gasteiger charge is -2.17. The van der Waals surface area contributed by atoms with Crippen molar-refractivity contribution in [3.8, 4) is 0 Å². The van der Waals surface area contributed by atoms with Crippen molar-refractivity contribution < 1.29 is 0 Å². The van der Waals surface area contributed by atoms with E-state index in [2.05, 4.69) is 16.5 Å². The molecule has 3 nitrogen and oxygen atoms in total. The molecule has 17 heavy (non-hydrogen) atoms. The summed E-state index contributed by atoms with van der Waals surface area (Å²) in [5.74, 6) is 0. The molecule has 0 aliphatic heterocycles. The second-order valence-corrected chi connectivity index (χ2v) is 4.50. The maximum Gasteiger partial charge on any atom is 0.0839 e. The first kappa shape index (κ1) is 12.1. The maximum absolute atomic E-state index is 6.15. The van der Waals surface area contributed by atoms with Gasteiger partial charge in [0.25, 0.3) is 0 Å². The Balaban J connectivity index is 2.45. The smallest absolute Gasteiger partial charge is 0.0839 e. The molecule has 0 aliphatic carbocycles. The minimum absolute atomic E-state index is 0.0786. The Kier molecular flexibility index (Phi) is 3.50. The minimum Gasteiger partial charge on any atom is -0.308 e. The van der Waals surface area contributed by atoms with Crippen LogP contribution in [0.1, 0.15) is 22.9 Å². The number of hydrogen-bond donors (Lipinski definition) is 1. The highest BCUT2D eigenvalue weighted by Gasteiger charge is 2.17. The largest absolute Gasteiger partial charge is 0.308 e. The van der Waals surface area contributed by atoms with Crippen molar-refractivity contribution in [3.05, 3.63) is 52.3 Å². The average molecular weight is 250 g/mol. The molecule has 1 aromatic carbocycles. The summed E-state index contributed by atoms with van der Waals surface area (Å²) in [5, 5.41) is 8.51. The lowest BCUT2D eigenvalue weighted by molar-refractivity contribution is 0.639. The fraction of sp³-hybridized carbons (Fsp3) is 0.308. The Hall–Kier alpha value is -1.32. The molecule has 0 spiro atoms. The van der Waals surface area contributed by atoms with E-state index in [0.29, 0.717) is 0 Å². The van der Waals surface area contributed by atoms with Crippen LogP contribution in [0.15, 0.2) is 30.5 Å². The van der Waals surface area contributed by atoms with Gasteiger partial charge in [-0.15, -0.1) is 0 Å². The summed E-state index contributed by atoms with van der Waals surface area (Å²) >= 11 is 6.15. The van der Waals surface area contributed by atoms with Crippen molar-refractivity contribution in [2.24, 2.45) is 7.05 Å². The highest BCUT2D eigenvalue weighted by molar-refractivity contribution is 6.31. The number of benzene rings is 1. The van der Waals surface area contributed by atoms with E-state index < -0.39 is 0 Å². The first-order valence-corrected chi connectivity index (χ1v) is 5.93. The SMILES string of the molecule is CNC(c1ccn(C)n1)c1cccc(Cl)c1C. The molecule has 90 valence electrons. The van der Waals surface area contributed by atoms with Gasteiger partial charge in [-0.25, -0.2) is 0 Å². The summed E-state index contributed by atoms with van der Waals surface area (Å²) in [6, 6.07) is 8.05. The molecule has 1 heterocycles. The van der Waals surface area contributed by atoms with E-state index in [4.69, 9.17) is 11.6 Å². The van der Waals surface area contributed by atoms with Gasteiger partial charge < -0.3 is 5.32 Å².